The number of nitrogens with zero attached hydrogens (tertiary/aromatic N) is 4. The smallest absolute Gasteiger partial charge is 0.308 e. The second-order valence-electron chi connectivity index (χ2n) is 6.64. The maximum Gasteiger partial charge on any atom is 0.308 e. The van der Waals surface area contributed by atoms with Gasteiger partial charge in [0.1, 0.15) is 5.75 Å². The summed E-state index contributed by atoms with van der Waals surface area (Å²) >= 11 is 0. The van der Waals surface area contributed by atoms with E-state index >= 15 is 0 Å². The molecule has 1 aliphatic heterocycles. The molecule has 0 unspecified atom stereocenters. The number of benzene rings is 2. The van der Waals surface area contributed by atoms with Crippen molar-refractivity contribution in [1.82, 2.24) is 15.0 Å². The summed E-state index contributed by atoms with van der Waals surface area (Å²) in [6, 6.07) is 16.5. The first-order chi connectivity index (χ1) is 15.1. The molecule has 31 heavy (non-hydrogen) atoms. The fraction of sp³-hybridized carbons (Fsp3) is 0.190. The highest BCUT2D eigenvalue weighted by Gasteiger charge is 2.25. The van der Waals surface area contributed by atoms with Gasteiger partial charge in [0.05, 0.1) is 12.1 Å². The van der Waals surface area contributed by atoms with Crippen molar-refractivity contribution in [1.29, 1.82) is 0 Å². The van der Waals surface area contributed by atoms with Gasteiger partial charge in [0, 0.05) is 12.2 Å². The topological polar surface area (TPSA) is 133 Å². The van der Waals surface area contributed by atoms with Gasteiger partial charge in [-0.2, -0.15) is 15.0 Å². The SMILES string of the molecule is Nc1nc(COC(=O)CCN2C(=O)COc3ccccc32)nc(Nc2ccccc2)n1. The van der Waals surface area contributed by atoms with E-state index in [1.165, 1.54) is 4.90 Å². The van der Waals surface area contributed by atoms with Crippen LogP contribution in [0.2, 0.25) is 0 Å². The third-order valence-electron chi connectivity index (χ3n) is 4.44. The Balaban J connectivity index is 1.33. The van der Waals surface area contributed by atoms with E-state index < -0.39 is 5.97 Å². The van der Waals surface area contributed by atoms with E-state index in [4.69, 9.17) is 15.2 Å². The summed E-state index contributed by atoms with van der Waals surface area (Å²) in [6.45, 7) is -0.0474. The van der Waals surface area contributed by atoms with Crippen molar-refractivity contribution in [3.63, 3.8) is 0 Å². The molecule has 0 bridgehead atoms. The Labute approximate surface area is 178 Å². The second-order valence-corrected chi connectivity index (χ2v) is 6.64. The van der Waals surface area contributed by atoms with Gasteiger partial charge in [-0.3, -0.25) is 9.59 Å². The van der Waals surface area contributed by atoms with E-state index in [0.29, 0.717) is 11.4 Å². The number of hydrogen-bond acceptors (Lipinski definition) is 9. The standard InChI is InChI=1S/C21H20N6O4/c22-20-24-17(25-21(26-20)23-14-6-2-1-3-7-14)12-31-19(29)10-11-27-15-8-4-5-9-16(15)30-13-18(27)28/h1-9H,10-13H2,(H3,22,23,24,25,26). The lowest BCUT2D eigenvalue weighted by Crippen LogP contribution is -2.40. The van der Waals surface area contributed by atoms with Crippen molar-refractivity contribution in [2.45, 2.75) is 13.0 Å². The van der Waals surface area contributed by atoms with Gasteiger partial charge in [0.15, 0.2) is 19.0 Å². The quantitative estimate of drug-likeness (QED) is 0.551. The zero-order valence-electron chi connectivity index (χ0n) is 16.5. The highest BCUT2D eigenvalue weighted by molar-refractivity contribution is 5.98. The largest absolute Gasteiger partial charge is 0.482 e. The summed E-state index contributed by atoms with van der Waals surface area (Å²) in [6.07, 6.45) is 0.00969. The van der Waals surface area contributed by atoms with Crippen LogP contribution in [0.3, 0.4) is 0 Å². The summed E-state index contributed by atoms with van der Waals surface area (Å²) in [5.41, 5.74) is 7.15. The van der Waals surface area contributed by atoms with Gasteiger partial charge in [-0.25, -0.2) is 0 Å². The normalized spacial score (nSPS) is 12.6. The average Bonchev–Trinajstić information content (AvgIpc) is 2.77. The van der Waals surface area contributed by atoms with Gasteiger partial charge >= 0.3 is 5.97 Å². The molecule has 0 spiro atoms. The Kier molecular flexibility index (Phi) is 5.88. The maximum atomic E-state index is 12.2. The molecule has 0 radical (unpaired) electrons. The lowest BCUT2D eigenvalue weighted by molar-refractivity contribution is -0.145. The molecule has 0 fully saturated rings. The van der Waals surface area contributed by atoms with Crippen LogP contribution in [0, 0.1) is 0 Å². The van der Waals surface area contributed by atoms with Crippen molar-refractivity contribution in [2.24, 2.45) is 0 Å². The van der Waals surface area contributed by atoms with Crippen LogP contribution in [0.15, 0.2) is 54.6 Å². The minimum absolute atomic E-state index is 0.00926. The number of para-hydroxylation sites is 3. The van der Waals surface area contributed by atoms with Crippen LogP contribution in [-0.2, 0) is 20.9 Å². The Bertz CT molecular complexity index is 1090. The summed E-state index contributed by atoms with van der Waals surface area (Å²) in [5.74, 6) is 0.374. The van der Waals surface area contributed by atoms with Crippen molar-refractivity contribution >= 4 is 35.1 Å². The number of nitrogens with two attached hydrogens (primary N) is 1. The fourth-order valence-electron chi connectivity index (χ4n) is 3.03. The van der Waals surface area contributed by atoms with Crippen LogP contribution in [0.5, 0.6) is 5.75 Å². The lowest BCUT2D eigenvalue weighted by Gasteiger charge is -2.28. The number of aromatic nitrogens is 3. The summed E-state index contributed by atoms with van der Waals surface area (Å²) < 4.78 is 10.7. The molecule has 10 nitrogen and oxygen atoms in total. The van der Waals surface area contributed by atoms with Crippen LogP contribution < -0.4 is 20.7 Å². The van der Waals surface area contributed by atoms with Crippen LogP contribution >= 0.6 is 0 Å². The molecule has 4 rings (SSSR count). The molecule has 3 N–H and O–H groups in total. The van der Waals surface area contributed by atoms with Crippen LogP contribution in [-0.4, -0.2) is 40.0 Å². The van der Waals surface area contributed by atoms with E-state index in [1.807, 2.05) is 36.4 Å². The number of amides is 1. The number of hydrogen-bond donors (Lipinski definition) is 2. The van der Waals surface area contributed by atoms with Crippen molar-refractivity contribution in [3.8, 4) is 5.75 Å². The van der Waals surface area contributed by atoms with Gasteiger partial charge in [-0.15, -0.1) is 0 Å². The third-order valence-corrected chi connectivity index (χ3v) is 4.44. The first-order valence-electron chi connectivity index (χ1n) is 9.59. The van der Waals surface area contributed by atoms with E-state index in [9.17, 15) is 9.59 Å². The zero-order chi connectivity index (χ0) is 21.6. The second kappa shape index (κ2) is 9.08. The van der Waals surface area contributed by atoms with E-state index in [1.54, 1.807) is 18.2 Å². The molecule has 1 aromatic heterocycles. The van der Waals surface area contributed by atoms with Crippen LogP contribution in [0.1, 0.15) is 12.2 Å². The minimum Gasteiger partial charge on any atom is -0.482 e. The van der Waals surface area contributed by atoms with Crippen LogP contribution in [0.4, 0.5) is 23.3 Å². The summed E-state index contributed by atoms with van der Waals surface area (Å²) in [5, 5.41) is 3.02. The predicted octanol–water partition coefficient (Wildman–Crippen LogP) is 2.06. The van der Waals surface area contributed by atoms with Crippen molar-refractivity contribution in [3.05, 3.63) is 60.4 Å². The molecule has 10 heteroatoms. The minimum atomic E-state index is -0.492. The van der Waals surface area contributed by atoms with Gasteiger partial charge in [-0.1, -0.05) is 30.3 Å². The molecule has 1 amide bonds. The highest BCUT2D eigenvalue weighted by Crippen LogP contribution is 2.31. The number of carbonyl (C=O) groups is 2. The van der Waals surface area contributed by atoms with E-state index in [0.717, 1.165) is 5.69 Å². The number of nitrogens with one attached hydrogen (secondary N) is 1. The zero-order valence-corrected chi connectivity index (χ0v) is 16.5. The molecular weight excluding hydrogens is 400 g/mol. The lowest BCUT2D eigenvalue weighted by atomic mass is 10.2. The Morgan fingerprint density at radius 1 is 1.10 bits per heavy atom. The molecule has 158 valence electrons. The molecule has 3 aromatic rings. The number of ether oxygens (including phenoxy) is 2. The molecule has 0 aliphatic carbocycles. The number of fused-ring (bicyclic) bond motifs is 1. The number of nitrogen functional groups attached to an aromatic ring is 1. The molecule has 2 heterocycles. The Hall–Kier alpha value is -4.21. The Morgan fingerprint density at radius 3 is 2.71 bits per heavy atom. The van der Waals surface area contributed by atoms with Gasteiger partial charge < -0.3 is 25.4 Å². The monoisotopic (exact) mass is 420 g/mol. The summed E-state index contributed by atoms with van der Waals surface area (Å²) in [7, 11) is 0. The van der Waals surface area contributed by atoms with Crippen LogP contribution in [0.25, 0.3) is 0 Å². The highest BCUT2D eigenvalue weighted by atomic mass is 16.5. The number of carbonyl (C=O) groups excluding carboxylic acids is 2. The number of anilines is 4. The van der Waals surface area contributed by atoms with Gasteiger partial charge in [-0.05, 0) is 24.3 Å². The number of esters is 1. The third kappa shape index (κ3) is 5.04. The molecule has 0 atom stereocenters. The molecular formula is C21H20N6O4. The first kappa shape index (κ1) is 20.1. The fourth-order valence-corrected chi connectivity index (χ4v) is 3.03. The molecule has 0 saturated carbocycles. The maximum absolute atomic E-state index is 12.2. The summed E-state index contributed by atoms with van der Waals surface area (Å²) in [4.78, 5) is 38.2. The van der Waals surface area contributed by atoms with Gasteiger partial charge in [0.2, 0.25) is 11.9 Å². The van der Waals surface area contributed by atoms with Crippen molar-refractivity contribution in [2.75, 3.05) is 29.1 Å². The van der Waals surface area contributed by atoms with E-state index in [-0.39, 0.29) is 49.8 Å². The molecule has 0 saturated heterocycles. The average molecular weight is 420 g/mol. The first-order valence-corrected chi connectivity index (χ1v) is 9.59. The Morgan fingerprint density at radius 2 is 1.87 bits per heavy atom. The van der Waals surface area contributed by atoms with Crippen molar-refractivity contribution < 1.29 is 19.1 Å². The predicted molar refractivity (Wildman–Crippen MR) is 113 cm³/mol. The van der Waals surface area contributed by atoms with E-state index in [2.05, 4.69) is 20.3 Å². The van der Waals surface area contributed by atoms with Gasteiger partial charge in [0.25, 0.3) is 5.91 Å². The molecule has 2 aromatic carbocycles. The number of rotatable bonds is 7. The molecule has 1 aliphatic rings.